The number of nitrogens with zero attached hydrogens (tertiary/aromatic N) is 3. The Bertz CT molecular complexity index is 288. The van der Waals surface area contributed by atoms with Crippen LogP contribution in [0.3, 0.4) is 0 Å². The molecule has 1 saturated heterocycles. The van der Waals surface area contributed by atoms with E-state index in [-0.39, 0.29) is 0 Å². The van der Waals surface area contributed by atoms with Gasteiger partial charge in [-0.15, -0.1) is 0 Å². The molecule has 1 fully saturated rings. The van der Waals surface area contributed by atoms with Crippen molar-refractivity contribution in [1.29, 1.82) is 0 Å². The topological polar surface area (TPSA) is 33.1 Å². The van der Waals surface area contributed by atoms with Crippen molar-refractivity contribution in [2.75, 3.05) is 32.7 Å². The van der Waals surface area contributed by atoms with Crippen molar-refractivity contribution < 1.29 is 0 Å². The van der Waals surface area contributed by atoms with E-state index >= 15 is 0 Å². The fourth-order valence-corrected chi connectivity index (χ4v) is 2.44. The van der Waals surface area contributed by atoms with Gasteiger partial charge < -0.3 is 10.2 Å². The first-order valence-corrected chi connectivity index (χ1v) is 6.79. The maximum Gasteiger partial charge on any atom is 0.0536 e. The van der Waals surface area contributed by atoms with Gasteiger partial charge in [-0.2, -0.15) is 5.10 Å². The van der Waals surface area contributed by atoms with E-state index in [0.29, 0.717) is 0 Å². The number of likely N-dealkylation sites (tertiary alicyclic amines) is 1. The predicted molar refractivity (Wildman–Crippen MR) is 69.9 cm³/mol. The summed E-state index contributed by atoms with van der Waals surface area (Å²) < 4.78 is 2.02. The summed E-state index contributed by atoms with van der Waals surface area (Å²) in [4.78, 5) is 2.56. The predicted octanol–water partition coefficient (Wildman–Crippen LogP) is 1.20. The van der Waals surface area contributed by atoms with Crippen molar-refractivity contribution in [2.45, 2.75) is 26.3 Å². The van der Waals surface area contributed by atoms with Crippen LogP contribution in [0.15, 0.2) is 18.5 Å². The van der Waals surface area contributed by atoms with Gasteiger partial charge in [0.2, 0.25) is 0 Å². The fraction of sp³-hybridized carbons (Fsp3) is 0.769. The van der Waals surface area contributed by atoms with Crippen molar-refractivity contribution >= 4 is 0 Å². The van der Waals surface area contributed by atoms with E-state index in [0.717, 1.165) is 25.6 Å². The fourth-order valence-electron chi connectivity index (χ4n) is 2.44. The lowest BCUT2D eigenvalue weighted by molar-refractivity contribution is 0.175. The highest BCUT2D eigenvalue weighted by Crippen LogP contribution is 2.15. The van der Waals surface area contributed by atoms with Crippen LogP contribution >= 0.6 is 0 Å². The van der Waals surface area contributed by atoms with Crippen LogP contribution < -0.4 is 5.32 Å². The molecule has 1 N–H and O–H groups in total. The second-order valence-electron chi connectivity index (χ2n) is 4.86. The summed E-state index contributed by atoms with van der Waals surface area (Å²) >= 11 is 0. The molecule has 1 aromatic rings. The van der Waals surface area contributed by atoms with Crippen LogP contribution in [0.5, 0.6) is 0 Å². The Kier molecular flexibility index (Phi) is 5.01. The minimum atomic E-state index is 0.885. The normalized spacial score (nSPS) is 18.6. The van der Waals surface area contributed by atoms with E-state index in [9.17, 15) is 0 Å². The van der Waals surface area contributed by atoms with E-state index in [1.807, 2.05) is 23.1 Å². The third kappa shape index (κ3) is 4.13. The Morgan fingerprint density at radius 1 is 1.29 bits per heavy atom. The molecule has 0 aromatic carbocycles. The molecule has 1 aromatic heterocycles. The van der Waals surface area contributed by atoms with Crippen LogP contribution in [0.4, 0.5) is 0 Å². The maximum absolute atomic E-state index is 4.24. The first kappa shape index (κ1) is 12.6. The number of aromatic nitrogens is 2. The van der Waals surface area contributed by atoms with Crippen LogP contribution in [0.1, 0.15) is 19.8 Å². The van der Waals surface area contributed by atoms with Gasteiger partial charge in [-0.1, -0.05) is 6.92 Å². The largest absolute Gasteiger partial charge is 0.317 e. The second kappa shape index (κ2) is 6.77. The molecule has 0 unspecified atom stereocenters. The average Bonchev–Trinajstić information content (AvgIpc) is 2.88. The first-order chi connectivity index (χ1) is 8.38. The minimum Gasteiger partial charge on any atom is -0.317 e. The maximum atomic E-state index is 4.24. The summed E-state index contributed by atoms with van der Waals surface area (Å²) in [6.45, 7) is 9.12. The molecule has 96 valence electrons. The number of hydrogen-bond acceptors (Lipinski definition) is 3. The molecular weight excluding hydrogens is 212 g/mol. The van der Waals surface area contributed by atoms with Gasteiger partial charge in [0.05, 0.1) is 6.54 Å². The van der Waals surface area contributed by atoms with Crippen molar-refractivity contribution in [3.8, 4) is 0 Å². The third-order valence-electron chi connectivity index (χ3n) is 3.59. The molecule has 2 rings (SSSR count). The van der Waals surface area contributed by atoms with Gasteiger partial charge >= 0.3 is 0 Å². The monoisotopic (exact) mass is 236 g/mol. The lowest BCUT2D eigenvalue weighted by Crippen LogP contribution is -2.38. The minimum absolute atomic E-state index is 0.885. The Morgan fingerprint density at radius 2 is 2.12 bits per heavy atom. The molecule has 2 heterocycles. The van der Waals surface area contributed by atoms with Gasteiger partial charge in [0.1, 0.15) is 0 Å². The molecule has 1 aliphatic rings. The van der Waals surface area contributed by atoms with E-state index in [1.165, 1.54) is 32.5 Å². The summed E-state index contributed by atoms with van der Waals surface area (Å²) in [7, 11) is 0. The van der Waals surface area contributed by atoms with Crippen LogP contribution in [-0.4, -0.2) is 47.4 Å². The lowest BCUT2D eigenvalue weighted by Gasteiger charge is -2.31. The second-order valence-corrected chi connectivity index (χ2v) is 4.86. The van der Waals surface area contributed by atoms with Crippen LogP contribution in [0.25, 0.3) is 0 Å². The molecule has 0 bridgehead atoms. The van der Waals surface area contributed by atoms with Gasteiger partial charge in [0, 0.05) is 18.9 Å². The highest BCUT2D eigenvalue weighted by atomic mass is 15.3. The number of hydrogen-bond donors (Lipinski definition) is 1. The van der Waals surface area contributed by atoms with Crippen LogP contribution in [0, 0.1) is 5.92 Å². The number of rotatable bonds is 6. The number of nitrogens with one attached hydrogen (secondary N) is 1. The molecule has 0 radical (unpaired) electrons. The van der Waals surface area contributed by atoms with Crippen molar-refractivity contribution in [3.05, 3.63) is 18.5 Å². The summed E-state index contributed by atoms with van der Waals surface area (Å²) in [5, 5.41) is 7.69. The molecule has 0 saturated carbocycles. The standard InChI is InChI=1S/C13H24N4/c1-2-14-12-13-4-8-16(9-5-13)10-11-17-7-3-6-15-17/h3,6-7,13-14H,2,4-5,8-12H2,1H3. The molecule has 0 atom stereocenters. The van der Waals surface area contributed by atoms with Crippen LogP contribution in [-0.2, 0) is 6.54 Å². The smallest absolute Gasteiger partial charge is 0.0536 e. The van der Waals surface area contributed by atoms with Gasteiger partial charge in [-0.25, -0.2) is 0 Å². The molecule has 4 nitrogen and oxygen atoms in total. The zero-order chi connectivity index (χ0) is 11.9. The van der Waals surface area contributed by atoms with Crippen molar-refractivity contribution in [1.82, 2.24) is 20.0 Å². The molecule has 1 aliphatic heterocycles. The SMILES string of the molecule is CCNCC1CCN(CCn2cccn2)CC1. The molecule has 4 heteroatoms. The number of piperidine rings is 1. The summed E-state index contributed by atoms with van der Waals surface area (Å²) in [5.74, 6) is 0.885. The summed E-state index contributed by atoms with van der Waals surface area (Å²) in [6, 6.07) is 1.99. The van der Waals surface area contributed by atoms with Gasteiger partial charge in [0.15, 0.2) is 0 Å². The highest BCUT2D eigenvalue weighted by molar-refractivity contribution is 4.79. The Balaban J connectivity index is 1.62. The van der Waals surface area contributed by atoms with Gasteiger partial charge in [-0.05, 0) is 51.0 Å². The van der Waals surface area contributed by atoms with E-state index < -0.39 is 0 Å². The Hall–Kier alpha value is -0.870. The molecule has 0 aliphatic carbocycles. The zero-order valence-corrected chi connectivity index (χ0v) is 10.8. The van der Waals surface area contributed by atoms with Gasteiger partial charge in [-0.3, -0.25) is 4.68 Å². The Labute approximate surface area is 104 Å². The van der Waals surface area contributed by atoms with Crippen LogP contribution in [0.2, 0.25) is 0 Å². The zero-order valence-electron chi connectivity index (χ0n) is 10.8. The van der Waals surface area contributed by atoms with E-state index in [2.05, 4.69) is 22.2 Å². The molecule has 17 heavy (non-hydrogen) atoms. The van der Waals surface area contributed by atoms with Crippen molar-refractivity contribution in [3.63, 3.8) is 0 Å². The summed E-state index contributed by atoms with van der Waals surface area (Å²) in [5.41, 5.74) is 0. The summed E-state index contributed by atoms with van der Waals surface area (Å²) in [6.07, 6.45) is 6.57. The average molecular weight is 236 g/mol. The van der Waals surface area contributed by atoms with E-state index in [1.54, 1.807) is 0 Å². The molecule has 0 amide bonds. The third-order valence-corrected chi connectivity index (χ3v) is 3.59. The van der Waals surface area contributed by atoms with E-state index in [4.69, 9.17) is 0 Å². The first-order valence-electron chi connectivity index (χ1n) is 6.79. The molecule has 0 spiro atoms. The Morgan fingerprint density at radius 3 is 2.76 bits per heavy atom. The lowest BCUT2D eigenvalue weighted by atomic mass is 9.97. The highest BCUT2D eigenvalue weighted by Gasteiger charge is 2.18. The molecular formula is C13H24N4. The van der Waals surface area contributed by atoms with Gasteiger partial charge in [0.25, 0.3) is 0 Å². The van der Waals surface area contributed by atoms with Crippen molar-refractivity contribution in [2.24, 2.45) is 5.92 Å². The quantitative estimate of drug-likeness (QED) is 0.806.